The van der Waals surface area contributed by atoms with Crippen LogP contribution in [0.25, 0.3) is 0 Å². The molecule has 5 atom stereocenters. The van der Waals surface area contributed by atoms with E-state index in [9.17, 15) is 8.42 Å². The second-order valence-electron chi connectivity index (χ2n) is 12.8. The van der Waals surface area contributed by atoms with Crippen molar-refractivity contribution in [2.75, 3.05) is 13.2 Å². The zero-order chi connectivity index (χ0) is 29.3. The van der Waals surface area contributed by atoms with E-state index in [0.717, 1.165) is 12.8 Å². The molecule has 2 aliphatic heterocycles. The fraction of sp³-hybridized carbons (Fsp3) is 0.471. The highest BCUT2D eigenvalue weighted by atomic mass is 32.2. The minimum Gasteiger partial charge on any atom is -0.405 e. The maximum Gasteiger partial charge on any atom is 0.261 e. The third-order valence-corrected chi connectivity index (χ3v) is 16.3. The number of sulfone groups is 1. The van der Waals surface area contributed by atoms with Crippen molar-refractivity contribution in [2.45, 2.75) is 81.0 Å². The normalized spacial score (nSPS) is 27.5. The molecular weight excluding hydrogens is 549 g/mol. The number of ether oxygens (including phenoxy) is 2. The fourth-order valence-corrected chi connectivity index (χ4v) is 13.7. The lowest BCUT2D eigenvalue weighted by Gasteiger charge is -2.53. The molecule has 0 bridgehead atoms. The summed E-state index contributed by atoms with van der Waals surface area (Å²) >= 11 is 0. The van der Waals surface area contributed by atoms with E-state index >= 15 is 0 Å². The van der Waals surface area contributed by atoms with Gasteiger partial charge in [0, 0.05) is 5.92 Å². The van der Waals surface area contributed by atoms with Crippen molar-refractivity contribution in [3.8, 4) is 0 Å². The van der Waals surface area contributed by atoms with Crippen molar-refractivity contribution >= 4 is 28.5 Å². The van der Waals surface area contributed by atoms with Gasteiger partial charge in [-0.2, -0.15) is 0 Å². The molecule has 0 aliphatic carbocycles. The quantitative estimate of drug-likeness (QED) is 0.316. The predicted octanol–water partition coefficient (Wildman–Crippen LogP) is 5.97. The summed E-state index contributed by atoms with van der Waals surface area (Å²) in [7, 11) is -6.48. The van der Waals surface area contributed by atoms with Gasteiger partial charge in [0.05, 0.1) is 24.2 Å². The van der Waals surface area contributed by atoms with Gasteiger partial charge in [0.1, 0.15) is 5.25 Å². The van der Waals surface area contributed by atoms with Crippen LogP contribution < -0.4 is 10.4 Å². The van der Waals surface area contributed by atoms with E-state index in [0.29, 0.717) is 24.5 Å². The van der Waals surface area contributed by atoms with Crippen LogP contribution in [-0.2, 0) is 23.7 Å². The smallest absolute Gasteiger partial charge is 0.261 e. The molecular formula is C34H44O5SSi. The molecule has 3 aromatic carbocycles. The Hall–Kier alpha value is -2.29. The molecule has 0 N–H and O–H groups in total. The lowest BCUT2D eigenvalue weighted by molar-refractivity contribution is -0.325. The van der Waals surface area contributed by atoms with Gasteiger partial charge in [-0.3, -0.25) is 0 Å². The van der Waals surface area contributed by atoms with E-state index in [1.165, 1.54) is 10.4 Å². The van der Waals surface area contributed by atoms with E-state index < -0.39 is 29.2 Å². The zero-order valence-electron chi connectivity index (χ0n) is 25.0. The van der Waals surface area contributed by atoms with Crippen LogP contribution in [0, 0.1) is 11.8 Å². The summed E-state index contributed by atoms with van der Waals surface area (Å²) < 4.78 is 48.8. The minimum atomic E-state index is -3.69. The molecule has 0 radical (unpaired) electrons. The summed E-state index contributed by atoms with van der Waals surface area (Å²) in [6.07, 6.45) is 1.90. The molecule has 7 heteroatoms. The van der Waals surface area contributed by atoms with Crippen LogP contribution in [0.5, 0.6) is 0 Å². The number of hydrogen-bond donors (Lipinski definition) is 0. The van der Waals surface area contributed by atoms with Crippen LogP contribution in [0.15, 0.2) is 95.9 Å². The Morgan fingerprint density at radius 3 is 1.93 bits per heavy atom. The van der Waals surface area contributed by atoms with E-state index in [4.69, 9.17) is 13.9 Å². The Balaban J connectivity index is 1.52. The van der Waals surface area contributed by atoms with Crippen LogP contribution in [0.1, 0.15) is 53.9 Å². The minimum absolute atomic E-state index is 0.0416. The van der Waals surface area contributed by atoms with Gasteiger partial charge in [0.25, 0.3) is 8.32 Å². The van der Waals surface area contributed by atoms with Crippen molar-refractivity contribution in [1.29, 1.82) is 0 Å². The first-order valence-corrected chi connectivity index (χ1v) is 18.3. The van der Waals surface area contributed by atoms with Crippen molar-refractivity contribution in [1.82, 2.24) is 0 Å². The Labute approximate surface area is 247 Å². The van der Waals surface area contributed by atoms with Crippen molar-refractivity contribution < 1.29 is 22.3 Å². The maximum atomic E-state index is 14.1. The van der Waals surface area contributed by atoms with Gasteiger partial charge in [-0.1, -0.05) is 113 Å². The van der Waals surface area contributed by atoms with Gasteiger partial charge < -0.3 is 13.9 Å². The number of hydrogen-bond acceptors (Lipinski definition) is 5. The highest BCUT2D eigenvalue weighted by molar-refractivity contribution is 7.92. The molecule has 2 heterocycles. The molecule has 1 spiro atoms. The number of benzene rings is 3. The molecule has 0 unspecified atom stereocenters. The largest absolute Gasteiger partial charge is 0.405 e. The maximum absolute atomic E-state index is 14.1. The van der Waals surface area contributed by atoms with Crippen molar-refractivity contribution in [2.24, 2.45) is 11.8 Å². The van der Waals surface area contributed by atoms with Crippen LogP contribution in [0.2, 0.25) is 5.04 Å². The van der Waals surface area contributed by atoms with E-state index in [1.807, 2.05) is 18.2 Å². The van der Waals surface area contributed by atoms with Crippen molar-refractivity contribution in [3.63, 3.8) is 0 Å². The Kier molecular flexibility index (Phi) is 8.66. The highest BCUT2D eigenvalue weighted by Gasteiger charge is 2.59. The van der Waals surface area contributed by atoms with Gasteiger partial charge >= 0.3 is 0 Å². The standard InChI is InChI=1S/C34H44O5SSi/c1-26-24-32(40(35,36)28-17-9-6-10-18-28)34(27(2)16-15-23-37-34)39-31(26)25-38-41(33(3,4)5,29-19-11-7-12-20-29)30-21-13-8-14-22-30/h6-14,17-22,26-27,31-32H,15-16,23-25H2,1-5H3/t26-,27+,31+,32+,34-/m0/s1. The molecule has 5 rings (SSSR count). The third-order valence-electron chi connectivity index (χ3n) is 9.13. The molecule has 220 valence electrons. The summed E-state index contributed by atoms with van der Waals surface area (Å²) in [5.41, 5.74) is 0. The summed E-state index contributed by atoms with van der Waals surface area (Å²) in [5.74, 6) is -1.32. The lowest BCUT2D eigenvalue weighted by atomic mass is 9.82. The first-order chi connectivity index (χ1) is 19.5. The van der Waals surface area contributed by atoms with Gasteiger partial charge in [0.2, 0.25) is 0 Å². The van der Waals surface area contributed by atoms with Gasteiger partial charge in [-0.25, -0.2) is 8.42 Å². The molecule has 2 aliphatic rings. The summed E-state index contributed by atoms with van der Waals surface area (Å²) in [4.78, 5) is 0.323. The van der Waals surface area contributed by atoms with Crippen LogP contribution in [0.3, 0.4) is 0 Å². The molecule has 2 saturated heterocycles. The predicted molar refractivity (Wildman–Crippen MR) is 167 cm³/mol. The number of rotatable bonds is 7. The summed E-state index contributed by atoms with van der Waals surface area (Å²) in [6.45, 7) is 11.8. The van der Waals surface area contributed by atoms with E-state index in [-0.39, 0.29) is 23.0 Å². The van der Waals surface area contributed by atoms with E-state index in [1.54, 1.807) is 24.3 Å². The second kappa shape index (κ2) is 11.8. The first-order valence-electron chi connectivity index (χ1n) is 14.9. The lowest BCUT2D eigenvalue weighted by Crippen LogP contribution is -2.68. The highest BCUT2D eigenvalue weighted by Crippen LogP contribution is 2.48. The van der Waals surface area contributed by atoms with Gasteiger partial charge in [-0.15, -0.1) is 0 Å². The van der Waals surface area contributed by atoms with Gasteiger partial charge in [0.15, 0.2) is 15.6 Å². The SMILES string of the molecule is C[C@@H]1CCCO[C@]12O[C@H](CO[Si](c1ccccc1)(c1ccccc1)C(C)(C)C)[C@@H](C)C[C@H]2S(=O)(=O)c1ccccc1. The van der Waals surface area contributed by atoms with Gasteiger partial charge in [-0.05, 0) is 52.7 Å². The third kappa shape index (κ3) is 5.47. The Morgan fingerprint density at radius 2 is 1.41 bits per heavy atom. The zero-order valence-corrected chi connectivity index (χ0v) is 26.8. The Bertz CT molecular complexity index is 1350. The van der Waals surface area contributed by atoms with Crippen molar-refractivity contribution in [3.05, 3.63) is 91.0 Å². The molecule has 3 aromatic rings. The molecule has 0 aromatic heterocycles. The van der Waals surface area contributed by atoms with E-state index in [2.05, 4.69) is 83.1 Å². The monoisotopic (exact) mass is 592 g/mol. The van der Waals surface area contributed by atoms with Crippen LogP contribution in [-0.4, -0.2) is 47.1 Å². The van der Waals surface area contributed by atoms with Crippen LogP contribution in [0.4, 0.5) is 0 Å². The molecule has 41 heavy (non-hydrogen) atoms. The second-order valence-corrected chi connectivity index (χ2v) is 19.2. The van der Waals surface area contributed by atoms with Crippen LogP contribution >= 0.6 is 0 Å². The molecule has 5 nitrogen and oxygen atoms in total. The fourth-order valence-electron chi connectivity index (χ4n) is 6.89. The first kappa shape index (κ1) is 30.2. The summed E-state index contributed by atoms with van der Waals surface area (Å²) in [5, 5.41) is 1.47. The topological polar surface area (TPSA) is 61.8 Å². The average molecular weight is 593 g/mol. The summed E-state index contributed by atoms with van der Waals surface area (Å²) in [6, 6.07) is 29.9. The molecule has 0 amide bonds. The molecule has 0 saturated carbocycles. The average Bonchev–Trinajstić information content (AvgIpc) is 2.97. The Morgan fingerprint density at radius 1 is 0.878 bits per heavy atom. The molecule has 2 fully saturated rings.